The predicted octanol–water partition coefficient (Wildman–Crippen LogP) is 8.56. The molecule has 0 unspecified atom stereocenters. The minimum Gasteiger partial charge on any atom is -0.493 e. The van der Waals surface area contributed by atoms with Crippen LogP contribution in [-0.2, 0) is 18.0 Å². The zero-order chi connectivity index (χ0) is 30.2. The third kappa shape index (κ3) is 8.13. The Balaban J connectivity index is 1.28. The van der Waals surface area contributed by atoms with Crippen LogP contribution in [0.5, 0.6) is 23.0 Å². The molecule has 0 spiro atoms. The summed E-state index contributed by atoms with van der Waals surface area (Å²) in [5.41, 5.74) is 3.44. The zero-order valence-corrected chi connectivity index (χ0v) is 26.6. The number of amides is 1. The Morgan fingerprint density at radius 3 is 2.40 bits per heavy atom. The second kappa shape index (κ2) is 14.5. The number of aliphatic imine (C=N–C) groups is 1. The van der Waals surface area contributed by atoms with Crippen LogP contribution in [0.15, 0.2) is 99.3 Å². The number of hydrogen-bond donors (Lipinski definition) is 1. The maximum absolute atomic E-state index is 12.6. The summed E-state index contributed by atoms with van der Waals surface area (Å²) in [7, 11) is 1.57. The van der Waals surface area contributed by atoms with Gasteiger partial charge >= 0.3 is 0 Å². The third-order valence-electron chi connectivity index (χ3n) is 6.19. The molecule has 1 aliphatic rings. The number of benzene rings is 4. The second-order valence-electron chi connectivity index (χ2n) is 9.27. The molecule has 0 aromatic heterocycles. The number of nitrogens with zero attached hydrogens (tertiary/aromatic N) is 1. The average molecular weight is 680 g/mol. The predicted molar refractivity (Wildman–Crippen MR) is 176 cm³/mol. The molecule has 220 valence electrons. The molecular weight excluding hydrogens is 652 g/mol. The number of methoxy groups -OCH3 is 1. The van der Waals surface area contributed by atoms with Gasteiger partial charge in [-0.1, -0.05) is 48.0 Å². The molecule has 1 saturated heterocycles. The number of carbonyl (C=O) groups excluding carboxylic acids is 1. The van der Waals surface area contributed by atoms with Crippen molar-refractivity contribution in [3.63, 3.8) is 0 Å². The van der Waals surface area contributed by atoms with Crippen molar-refractivity contribution in [2.75, 3.05) is 13.7 Å². The Morgan fingerprint density at radius 1 is 0.884 bits per heavy atom. The largest absolute Gasteiger partial charge is 0.493 e. The number of ether oxygens (including phenoxy) is 4. The molecule has 0 bridgehead atoms. The van der Waals surface area contributed by atoms with E-state index in [1.54, 1.807) is 37.5 Å². The van der Waals surface area contributed by atoms with Crippen LogP contribution in [0.4, 0.5) is 5.69 Å². The van der Waals surface area contributed by atoms with E-state index in [1.807, 2.05) is 67.6 Å². The van der Waals surface area contributed by atoms with E-state index in [9.17, 15) is 4.79 Å². The number of amidine groups is 1. The van der Waals surface area contributed by atoms with Crippen LogP contribution in [-0.4, -0.2) is 24.8 Å². The lowest BCUT2D eigenvalue weighted by atomic mass is 10.1. The first kappa shape index (κ1) is 30.5. The number of nitrogens with one attached hydrogen (secondary N) is 1. The van der Waals surface area contributed by atoms with Crippen LogP contribution in [0.2, 0.25) is 5.02 Å². The molecule has 1 fully saturated rings. The van der Waals surface area contributed by atoms with Crippen molar-refractivity contribution < 1.29 is 23.7 Å². The lowest BCUT2D eigenvalue weighted by Gasteiger charge is -2.16. The van der Waals surface area contributed by atoms with Crippen molar-refractivity contribution in [3.8, 4) is 23.0 Å². The van der Waals surface area contributed by atoms with Crippen molar-refractivity contribution in [1.29, 1.82) is 0 Å². The minimum atomic E-state index is -0.227. The molecule has 1 aliphatic heterocycles. The van der Waals surface area contributed by atoms with Gasteiger partial charge in [-0.15, -0.1) is 0 Å². The van der Waals surface area contributed by atoms with Crippen LogP contribution < -0.4 is 24.3 Å². The number of hydrogen-bond acceptors (Lipinski definition) is 7. The molecule has 1 heterocycles. The Bertz CT molecular complexity index is 1660. The number of rotatable bonds is 11. The lowest BCUT2D eigenvalue weighted by molar-refractivity contribution is -0.115. The van der Waals surface area contributed by atoms with E-state index in [0.717, 1.165) is 16.7 Å². The summed E-state index contributed by atoms with van der Waals surface area (Å²) in [5, 5.41) is 3.92. The van der Waals surface area contributed by atoms with E-state index in [4.69, 9.17) is 30.5 Å². The quantitative estimate of drug-likeness (QED) is 0.160. The number of thioether (sulfide) groups is 1. The maximum atomic E-state index is 12.6. The van der Waals surface area contributed by atoms with E-state index in [2.05, 4.69) is 26.2 Å². The van der Waals surface area contributed by atoms with E-state index >= 15 is 0 Å². The summed E-state index contributed by atoms with van der Waals surface area (Å²) < 4.78 is 24.4. The fraction of sp³-hybridized carbons (Fsp3) is 0.152. The van der Waals surface area contributed by atoms with Crippen LogP contribution >= 0.6 is 39.3 Å². The summed E-state index contributed by atoms with van der Waals surface area (Å²) in [4.78, 5) is 17.6. The fourth-order valence-corrected chi connectivity index (χ4v) is 5.69. The van der Waals surface area contributed by atoms with Gasteiger partial charge in [0, 0.05) is 5.02 Å². The first-order valence-corrected chi connectivity index (χ1v) is 15.4. The number of carbonyl (C=O) groups is 1. The van der Waals surface area contributed by atoms with Gasteiger partial charge in [-0.25, -0.2) is 4.99 Å². The molecule has 10 heteroatoms. The second-order valence-corrected chi connectivity index (χ2v) is 11.6. The van der Waals surface area contributed by atoms with Gasteiger partial charge in [0.15, 0.2) is 28.2 Å². The van der Waals surface area contributed by atoms with Crippen molar-refractivity contribution in [3.05, 3.63) is 116 Å². The minimum absolute atomic E-state index is 0.227. The molecule has 1 amide bonds. The normalized spacial score (nSPS) is 14.6. The summed E-state index contributed by atoms with van der Waals surface area (Å²) in [6.45, 7) is 3.16. The highest BCUT2D eigenvalue weighted by Crippen LogP contribution is 2.39. The summed E-state index contributed by atoms with van der Waals surface area (Å²) in [6, 6.07) is 26.5. The van der Waals surface area contributed by atoms with Gasteiger partial charge < -0.3 is 24.3 Å². The topological polar surface area (TPSA) is 78.4 Å². The van der Waals surface area contributed by atoms with Crippen LogP contribution in [0, 0.1) is 0 Å². The SMILES string of the molecule is CCOc1cc(COc2c(Br)cc(/C=C3/SC(=Nc4ccc(Cl)cc4)NC3=O)cc2OC)ccc1OCc1ccccc1. The van der Waals surface area contributed by atoms with Crippen molar-refractivity contribution >= 4 is 62.1 Å². The van der Waals surface area contributed by atoms with Crippen molar-refractivity contribution in [2.45, 2.75) is 20.1 Å². The monoisotopic (exact) mass is 678 g/mol. The highest BCUT2D eigenvalue weighted by Gasteiger charge is 2.24. The van der Waals surface area contributed by atoms with Gasteiger partial charge in [-0.3, -0.25) is 4.79 Å². The van der Waals surface area contributed by atoms with E-state index in [-0.39, 0.29) is 12.5 Å². The average Bonchev–Trinajstić information content (AvgIpc) is 3.35. The summed E-state index contributed by atoms with van der Waals surface area (Å²) >= 11 is 10.8. The standard InChI is InChI=1S/C33H28BrClN2O5S/c1-3-40-28-16-22(9-14-27(28)41-19-21-7-5-4-6-8-21)20-42-31-26(34)15-23(17-29(31)39-2)18-30-32(38)37-33(43-30)36-25-12-10-24(35)11-13-25/h4-18H,3,19-20H2,1-2H3,(H,36,37,38)/b30-18+. The lowest BCUT2D eigenvalue weighted by Crippen LogP contribution is -2.19. The van der Waals surface area contributed by atoms with Crippen molar-refractivity contribution in [2.24, 2.45) is 4.99 Å². The molecule has 0 atom stereocenters. The molecule has 0 radical (unpaired) electrons. The third-order valence-corrected chi connectivity index (χ3v) is 7.94. The Labute approximate surface area is 268 Å². The van der Waals surface area contributed by atoms with Gasteiger partial charge in [0.1, 0.15) is 13.2 Å². The highest BCUT2D eigenvalue weighted by atomic mass is 79.9. The molecule has 4 aromatic carbocycles. The Kier molecular flexibility index (Phi) is 10.3. The van der Waals surface area contributed by atoms with Gasteiger partial charge in [0.05, 0.1) is 28.8 Å². The fourth-order valence-electron chi connectivity index (χ4n) is 4.15. The summed E-state index contributed by atoms with van der Waals surface area (Å²) in [6.07, 6.45) is 1.78. The van der Waals surface area contributed by atoms with Crippen LogP contribution in [0.1, 0.15) is 23.6 Å². The highest BCUT2D eigenvalue weighted by molar-refractivity contribution is 9.10. The molecule has 7 nitrogen and oxygen atoms in total. The number of halogens is 2. The van der Waals surface area contributed by atoms with Crippen LogP contribution in [0.25, 0.3) is 6.08 Å². The Morgan fingerprint density at radius 2 is 1.65 bits per heavy atom. The van der Waals surface area contributed by atoms with Crippen LogP contribution in [0.3, 0.4) is 0 Å². The van der Waals surface area contributed by atoms with E-state index in [0.29, 0.717) is 61.5 Å². The zero-order valence-electron chi connectivity index (χ0n) is 23.4. The molecule has 4 aromatic rings. The molecule has 0 saturated carbocycles. The smallest absolute Gasteiger partial charge is 0.264 e. The van der Waals surface area contributed by atoms with E-state index < -0.39 is 0 Å². The Hall–Kier alpha value is -3.92. The van der Waals surface area contributed by atoms with Crippen molar-refractivity contribution in [1.82, 2.24) is 5.32 Å². The van der Waals surface area contributed by atoms with Gasteiger partial charge in [0.25, 0.3) is 5.91 Å². The molecule has 1 N–H and O–H groups in total. The molecular formula is C33H28BrClN2O5S. The molecule has 43 heavy (non-hydrogen) atoms. The van der Waals surface area contributed by atoms with Gasteiger partial charge in [-0.2, -0.15) is 0 Å². The van der Waals surface area contributed by atoms with E-state index in [1.165, 1.54) is 11.8 Å². The van der Waals surface area contributed by atoms with Gasteiger partial charge in [0.2, 0.25) is 0 Å². The summed E-state index contributed by atoms with van der Waals surface area (Å²) in [5.74, 6) is 2.15. The molecule has 0 aliphatic carbocycles. The maximum Gasteiger partial charge on any atom is 0.264 e. The first-order valence-electron chi connectivity index (χ1n) is 13.4. The molecule has 5 rings (SSSR count). The van der Waals surface area contributed by atoms with Gasteiger partial charge in [-0.05, 0) is 106 Å². The first-order chi connectivity index (χ1) is 20.9.